The van der Waals surface area contributed by atoms with Crippen LogP contribution in [0.25, 0.3) is 0 Å². The molecule has 0 aliphatic heterocycles. The monoisotopic (exact) mass is 273 g/mol. The van der Waals surface area contributed by atoms with Gasteiger partial charge in [0.1, 0.15) is 5.82 Å². The number of hydrogen-bond donors (Lipinski definition) is 2. The second kappa shape index (κ2) is 6.19. The van der Waals surface area contributed by atoms with Crippen LogP contribution in [0.4, 0.5) is 10.1 Å². The predicted molar refractivity (Wildman–Crippen MR) is 76.6 cm³/mol. The molecule has 104 valence electrons. The van der Waals surface area contributed by atoms with Gasteiger partial charge in [-0.1, -0.05) is 12.1 Å². The zero-order chi connectivity index (χ0) is 14.5. The van der Waals surface area contributed by atoms with Crippen LogP contribution in [0.15, 0.2) is 48.5 Å². The first kappa shape index (κ1) is 14.1. The molecule has 0 bridgehead atoms. The minimum atomic E-state index is -0.934. The summed E-state index contributed by atoms with van der Waals surface area (Å²) in [4.78, 5) is 10.8. The lowest BCUT2D eigenvalue weighted by Gasteiger charge is -2.15. The second-order valence-electron chi connectivity index (χ2n) is 4.76. The molecule has 3 nitrogen and oxygen atoms in total. The lowest BCUT2D eigenvalue weighted by atomic mass is 10.1. The molecule has 0 aromatic heterocycles. The molecule has 0 aliphatic carbocycles. The van der Waals surface area contributed by atoms with Crippen LogP contribution in [0.1, 0.15) is 22.8 Å². The number of benzene rings is 2. The van der Waals surface area contributed by atoms with E-state index in [-0.39, 0.29) is 17.4 Å². The van der Waals surface area contributed by atoms with E-state index in [1.165, 1.54) is 12.1 Å². The van der Waals surface area contributed by atoms with Crippen molar-refractivity contribution in [3.05, 3.63) is 65.5 Å². The lowest BCUT2D eigenvalue weighted by molar-refractivity contribution is 0.0697. The summed E-state index contributed by atoms with van der Waals surface area (Å²) in [6.45, 7) is 2.02. The Morgan fingerprint density at radius 1 is 1.15 bits per heavy atom. The van der Waals surface area contributed by atoms with Crippen molar-refractivity contribution in [2.75, 3.05) is 5.32 Å². The summed E-state index contributed by atoms with van der Waals surface area (Å²) in [5.41, 5.74) is 2.18. The van der Waals surface area contributed by atoms with Crippen LogP contribution in [0.2, 0.25) is 0 Å². The number of nitrogens with one attached hydrogen (secondary N) is 1. The number of carbonyl (C=O) groups is 1. The molecule has 0 spiro atoms. The maximum Gasteiger partial charge on any atom is 0.335 e. The Morgan fingerprint density at radius 2 is 1.75 bits per heavy atom. The molecule has 20 heavy (non-hydrogen) atoms. The first-order valence-electron chi connectivity index (χ1n) is 6.39. The van der Waals surface area contributed by atoms with E-state index in [1.807, 2.05) is 6.92 Å². The fourth-order valence-corrected chi connectivity index (χ4v) is 2.02. The standard InChI is InChI=1S/C16H16FNO2/c1-11(10-12-2-6-14(17)7-3-12)18-15-8-4-13(5-9-15)16(19)20/h2-9,11,18H,10H2,1H3,(H,19,20). The summed E-state index contributed by atoms with van der Waals surface area (Å²) in [7, 11) is 0. The van der Waals surface area contributed by atoms with Gasteiger partial charge in [0, 0.05) is 11.7 Å². The summed E-state index contributed by atoms with van der Waals surface area (Å²) in [6.07, 6.45) is 0.765. The van der Waals surface area contributed by atoms with E-state index in [4.69, 9.17) is 5.11 Å². The highest BCUT2D eigenvalue weighted by molar-refractivity contribution is 5.87. The van der Waals surface area contributed by atoms with Crippen LogP contribution in [0.3, 0.4) is 0 Å². The topological polar surface area (TPSA) is 49.3 Å². The molecule has 2 aromatic carbocycles. The molecular weight excluding hydrogens is 257 g/mol. The third-order valence-electron chi connectivity index (χ3n) is 3.00. The van der Waals surface area contributed by atoms with E-state index in [2.05, 4.69) is 5.32 Å². The van der Waals surface area contributed by atoms with E-state index in [9.17, 15) is 9.18 Å². The maximum atomic E-state index is 12.8. The predicted octanol–water partition coefficient (Wildman–Crippen LogP) is 3.57. The summed E-state index contributed by atoms with van der Waals surface area (Å²) in [5, 5.41) is 12.1. The zero-order valence-electron chi connectivity index (χ0n) is 11.1. The third-order valence-corrected chi connectivity index (χ3v) is 3.00. The molecule has 2 aromatic rings. The van der Waals surface area contributed by atoms with Crippen LogP contribution in [0.5, 0.6) is 0 Å². The van der Waals surface area contributed by atoms with Crippen molar-refractivity contribution < 1.29 is 14.3 Å². The maximum absolute atomic E-state index is 12.8. The Hall–Kier alpha value is -2.36. The minimum Gasteiger partial charge on any atom is -0.478 e. The average molecular weight is 273 g/mol. The Kier molecular flexibility index (Phi) is 4.35. The molecule has 0 aliphatic rings. The van der Waals surface area contributed by atoms with E-state index in [0.717, 1.165) is 17.7 Å². The molecule has 4 heteroatoms. The summed E-state index contributed by atoms with van der Waals surface area (Å²) < 4.78 is 12.8. The van der Waals surface area contributed by atoms with E-state index >= 15 is 0 Å². The van der Waals surface area contributed by atoms with Gasteiger partial charge in [0.25, 0.3) is 0 Å². The molecule has 0 fully saturated rings. The van der Waals surface area contributed by atoms with Gasteiger partial charge in [-0.25, -0.2) is 9.18 Å². The smallest absolute Gasteiger partial charge is 0.335 e. The van der Waals surface area contributed by atoms with Gasteiger partial charge in [-0.15, -0.1) is 0 Å². The van der Waals surface area contributed by atoms with Crippen molar-refractivity contribution in [2.45, 2.75) is 19.4 Å². The largest absolute Gasteiger partial charge is 0.478 e. The van der Waals surface area contributed by atoms with Crippen LogP contribution in [0, 0.1) is 5.82 Å². The van der Waals surface area contributed by atoms with Crippen molar-refractivity contribution in [1.29, 1.82) is 0 Å². The van der Waals surface area contributed by atoms with Crippen LogP contribution in [-0.4, -0.2) is 17.1 Å². The first-order chi connectivity index (χ1) is 9.54. The Labute approximate surface area is 117 Å². The number of hydrogen-bond acceptors (Lipinski definition) is 2. The van der Waals surface area contributed by atoms with Crippen molar-refractivity contribution in [3.8, 4) is 0 Å². The highest BCUT2D eigenvalue weighted by Crippen LogP contribution is 2.13. The van der Waals surface area contributed by atoms with E-state index < -0.39 is 5.97 Å². The Bertz CT molecular complexity index is 578. The van der Waals surface area contributed by atoms with Crippen LogP contribution < -0.4 is 5.32 Å². The summed E-state index contributed by atoms with van der Waals surface area (Å²) in [6, 6.07) is 13.2. The van der Waals surface area contributed by atoms with Gasteiger partial charge in [0.05, 0.1) is 5.56 Å². The quantitative estimate of drug-likeness (QED) is 0.875. The zero-order valence-corrected chi connectivity index (χ0v) is 11.1. The number of aromatic carboxylic acids is 1. The number of carboxylic acid groups (broad SMARTS) is 1. The van der Waals surface area contributed by atoms with Gasteiger partial charge >= 0.3 is 5.97 Å². The number of carboxylic acids is 1. The van der Waals surface area contributed by atoms with Crippen molar-refractivity contribution >= 4 is 11.7 Å². The molecule has 2 N–H and O–H groups in total. The van der Waals surface area contributed by atoms with Crippen molar-refractivity contribution in [3.63, 3.8) is 0 Å². The molecule has 0 saturated heterocycles. The van der Waals surface area contributed by atoms with Gasteiger partial charge in [0.2, 0.25) is 0 Å². The third kappa shape index (κ3) is 3.82. The summed E-state index contributed by atoms with van der Waals surface area (Å²) >= 11 is 0. The molecule has 1 atom stereocenters. The average Bonchev–Trinajstić information content (AvgIpc) is 2.42. The van der Waals surface area contributed by atoms with E-state index in [0.29, 0.717) is 0 Å². The number of rotatable bonds is 5. The second-order valence-corrected chi connectivity index (χ2v) is 4.76. The Balaban J connectivity index is 1.95. The lowest BCUT2D eigenvalue weighted by Crippen LogP contribution is -2.18. The van der Waals surface area contributed by atoms with E-state index in [1.54, 1.807) is 36.4 Å². The van der Waals surface area contributed by atoms with Gasteiger partial charge in [-0.05, 0) is 55.3 Å². The van der Waals surface area contributed by atoms with Crippen LogP contribution >= 0.6 is 0 Å². The fraction of sp³-hybridized carbons (Fsp3) is 0.188. The van der Waals surface area contributed by atoms with Crippen molar-refractivity contribution in [1.82, 2.24) is 0 Å². The molecular formula is C16H16FNO2. The molecule has 0 heterocycles. The molecule has 0 amide bonds. The normalized spacial score (nSPS) is 11.9. The number of halogens is 1. The minimum absolute atomic E-state index is 0.163. The van der Waals surface area contributed by atoms with Gasteiger partial charge in [-0.2, -0.15) is 0 Å². The molecule has 0 radical (unpaired) electrons. The highest BCUT2D eigenvalue weighted by Gasteiger charge is 2.05. The van der Waals surface area contributed by atoms with Gasteiger partial charge in [-0.3, -0.25) is 0 Å². The first-order valence-corrected chi connectivity index (χ1v) is 6.39. The molecule has 1 unspecified atom stereocenters. The molecule has 0 saturated carbocycles. The number of anilines is 1. The van der Waals surface area contributed by atoms with Crippen molar-refractivity contribution in [2.24, 2.45) is 0 Å². The summed E-state index contributed by atoms with van der Waals surface area (Å²) in [5.74, 6) is -1.17. The molecule has 2 rings (SSSR count). The highest BCUT2D eigenvalue weighted by atomic mass is 19.1. The SMILES string of the molecule is CC(Cc1ccc(F)cc1)Nc1ccc(C(=O)O)cc1. The van der Waals surface area contributed by atoms with Gasteiger partial charge in [0.15, 0.2) is 0 Å². The fourth-order valence-electron chi connectivity index (χ4n) is 2.02. The Morgan fingerprint density at radius 3 is 2.30 bits per heavy atom. The van der Waals surface area contributed by atoms with Gasteiger partial charge < -0.3 is 10.4 Å². The van der Waals surface area contributed by atoms with Crippen LogP contribution in [-0.2, 0) is 6.42 Å².